The summed E-state index contributed by atoms with van der Waals surface area (Å²) in [5.41, 5.74) is 1.28. The minimum atomic E-state index is 0.525. The summed E-state index contributed by atoms with van der Waals surface area (Å²) in [4.78, 5) is 0. The second kappa shape index (κ2) is 6.62. The first-order chi connectivity index (χ1) is 9.22. The van der Waals surface area contributed by atoms with Gasteiger partial charge in [0.05, 0.1) is 14.2 Å². The average Bonchev–Trinajstić information content (AvgIpc) is 2.87. The van der Waals surface area contributed by atoms with Crippen molar-refractivity contribution < 1.29 is 9.47 Å². The standard InChI is InChI=1S/C15H22BrNO2/c1-4-17-12-7-5-6-10(12)11-8-9-13(18-2)14(16)15(11)19-3/h8-10,12,17H,4-7H2,1-3H3. The lowest BCUT2D eigenvalue weighted by Crippen LogP contribution is -2.31. The Morgan fingerprint density at radius 1 is 1.26 bits per heavy atom. The van der Waals surface area contributed by atoms with Crippen molar-refractivity contribution in [1.82, 2.24) is 5.32 Å². The molecular formula is C15H22BrNO2. The van der Waals surface area contributed by atoms with Gasteiger partial charge in [-0.15, -0.1) is 0 Å². The highest BCUT2D eigenvalue weighted by Gasteiger charge is 2.31. The van der Waals surface area contributed by atoms with Crippen LogP contribution in [0.5, 0.6) is 11.5 Å². The Kier molecular flexibility index (Phi) is 5.11. The van der Waals surface area contributed by atoms with Gasteiger partial charge in [-0.3, -0.25) is 0 Å². The van der Waals surface area contributed by atoms with Crippen LogP contribution in [0.2, 0.25) is 0 Å². The molecule has 0 aromatic heterocycles. The zero-order valence-electron chi connectivity index (χ0n) is 11.8. The van der Waals surface area contributed by atoms with Crippen LogP contribution < -0.4 is 14.8 Å². The number of ether oxygens (including phenoxy) is 2. The lowest BCUT2D eigenvalue weighted by molar-refractivity contribution is 0.379. The molecule has 1 saturated carbocycles. The molecule has 0 saturated heterocycles. The van der Waals surface area contributed by atoms with Gasteiger partial charge in [0.25, 0.3) is 0 Å². The summed E-state index contributed by atoms with van der Waals surface area (Å²) in [5.74, 6) is 2.25. The molecule has 1 fully saturated rings. The van der Waals surface area contributed by atoms with E-state index in [9.17, 15) is 0 Å². The van der Waals surface area contributed by atoms with E-state index in [-0.39, 0.29) is 0 Å². The molecule has 0 spiro atoms. The van der Waals surface area contributed by atoms with E-state index in [1.165, 1.54) is 24.8 Å². The molecule has 1 aliphatic carbocycles. The first kappa shape index (κ1) is 14.7. The molecule has 2 rings (SSSR count). The number of halogens is 1. The zero-order valence-corrected chi connectivity index (χ0v) is 13.4. The van der Waals surface area contributed by atoms with E-state index in [1.54, 1.807) is 14.2 Å². The molecule has 2 unspecified atom stereocenters. The number of rotatable bonds is 5. The highest BCUT2D eigenvalue weighted by Crippen LogP contribution is 2.45. The van der Waals surface area contributed by atoms with Gasteiger partial charge in [-0.05, 0) is 41.4 Å². The summed E-state index contributed by atoms with van der Waals surface area (Å²) >= 11 is 3.59. The third kappa shape index (κ3) is 2.90. The molecule has 19 heavy (non-hydrogen) atoms. The molecule has 0 bridgehead atoms. The van der Waals surface area contributed by atoms with Gasteiger partial charge >= 0.3 is 0 Å². The Hall–Kier alpha value is -0.740. The molecule has 1 aromatic rings. The number of hydrogen-bond donors (Lipinski definition) is 1. The van der Waals surface area contributed by atoms with Gasteiger partial charge in [0.1, 0.15) is 16.0 Å². The van der Waals surface area contributed by atoms with Gasteiger partial charge in [0.2, 0.25) is 0 Å². The van der Waals surface area contributed by atoms with E-state index in [2.05, 4.69) is 34.2 Å². The lowest BCUT2D eigenvalue weighted by atomic mass is 9.93. The Morgan fingerprint density at radius 2 is 2.05 bits per heavy atom. The van der Waals surface area contributed by atoms with E-state index >= 15 is 0 Å². The van der Waals surface area contributed by atoms with Crippen LogP contribution in [0.3, 0.4) is 0 Å². The summed E-state index contributed by atoms with van der Waals surface area (Å²) in [6.07, 6.45) is 3.73. The van der Waals surface area contributed by atoms with Crippen LogP contribution in [0.4, 0.5) is 0 Å². The van der Waals surface area contributed by atoms with Crippen LogP contribution in [-0.4, -0.2) is 26.8 Å². The van der Waals surface area contributed by atoms with Crippen LogP contribution in [-0.2, 0) is 0 Å². The molecule has 106 valence electrons. The van der Waals surface area contributed by atoms with Crippen molar-refractivity contribution in [1.29, 1.82) is 0 Å². The first-order valence-electron chi connectivity index (χ1n) is 6.86. The van der Waals surface area contributed by atoms with Gasteiger partial charge in [0.15, 0.2) is 0 Å². The molecule has 3 nitrogen and oxygen atoms in total. The van der Waals surface area contributed by atoms with Gasteiger partial charge < -0.3 is 14.8 Å². The maximum Gasteiger partial charge on any atom is 0.140 e. The van der Waals surface area contributed by atoms with Crippen molar-refractivity contribution in [2.24, 2.45) is 0 Å². The molecule has 1 aliphatic rings. The van der Waals surface area contributed by atoms with E-state index in [1.807, 2.05) is 6.07 Å². The quantitative estimate of drug-likeness (QED) is 0.894. The minimum absolute atomic E-state index is 0.525. The summed E-state index contributed by atoms with van der Waals surface area (Å²) in [5, 5.41) is 3.59. The number of methoxy groups -OCH3 is 2. The number of nitrogens with one attached hydrogen (secondary N) is 1. The second-order valence-electron chi connectivity index (χ2n) is 4.91. The predicted molar refractivity (Wildman–Crippen MR) is 81.3 cm³/mol. The van der Waals surface area contributed by atoms with Crippen molar-refractivity contribution in [3.05, 3.63) is 22.2 Å². The van der Waals surface area contributed by atoms with Crippen LogP contribution in [0, 0.1) is 0 Å². The lowest BCUT2D eigenvalue weighted by Gasteiger charge is -2.24. The number of benzene rings is 1. The predicted octanol–water partition coefficient (Wildman–Crippen LogP) is 3.71. The van der Waals surface area contributed by atoms with E-state index < -0.39 is 0 Å². The average molecular weight is 328 g/mol. The molecule has 1 aromatic carbocycles. The number of likely N-dealkylation sites (N-methyl/N-ethyl adjacent to an activating group) is 1. The summed E-state index contributed by atoms with van der Waals surface area (Å²) in [6, 6.07) is 4.71. The van der Waals surface area contributed by atoms with Crippen molar-refractivity contribution in [2.45, 2.75) is 38.1 Å². The highest BCUT2D eigenvalue weighted by molar-refractivity contribution is 9.10. The largest absolute Gasteiger partial charge is 0.495 e. The maximum atomic E-state index is 5.60. The van der Waals surface area contributed by atoms with Crippen molar-refractivity contribution in [3.8, 4) is 11.5 Å². The minimum Gasteiger partial charge on any atom is -0.495 e. The number of hydrogen-bond acceptors (Lipinski definition) is 3. The van der Waals surface area contributed by atoms with E-state index in [4.69, 9.17) is 9.47 Å². The van der Waals surface area contributed by atoms with Gasteiger partial charge in [-0.25, -0.2) is 0 Å². The fourth-order valence-electron chi connectivity index (χ4n) is 3.05. The topological polar surface area (TPSA) is 30.5 Å². The van der Waals surface area contributed by atoms with Crippen LogP contribution >= 0.6 is 15.9 Å². The van der Waals surface area contributed by atoms with Gasteiger partial charge in [-0.1, -0.05) is 19.4 Å². The van der Waals surface area contributed by atoms with Crippen LogP contribution in [0.1, 0.15) is 37.7 Å². The Labute approximate surface area is 123 Å². The smallest absolute Gasteiger partial charge is 0.140 e. The summed E-state index contributed by atoms with van der Waals surface area (Å²) in [6.45, 7) is 3.18. The molecule has 0 amide bonds. The van der Waals surface area contributed by atoms with E-state index in [0.717, 1.165) is 22.5 Å². The molecule has 0 radical (unpaired) electrons. The summed E-state index contributed by atoms with van der Waals surface area (Å²) in [7, 11) is 3.40. The van der Waals surface area contributed by atoms with Crippen molar-refractivity contribution >= 4 is 15.9 Å². The zero-order chi connectivity index (χ0) is 13.8. The fraction of sp³-hybridized carbons (Fsp3) is 0.600. The normalized spacial score (nSPS) is 22.5. The van der Waals surface area contributed by atoms with Crippen LogP contribution in [0.25, 0.3) is 0 Å². The molecule has 1 N–H and O–H groups in total. The maximum absolute atomic E-state index is 5.60. The molecule has 0 aliphatic heterocycles. The highest BCUT2D eigenvalue weighted by atomic mass is 79.9. The fourth-order valence-corrected chi connectivity index (χ4v) is 3.73. The second-order valence-corrected chi connectivity index (χ2v) is 5.70. The molecule has 0 heterocycles. The SMILES string of the molecule is CCNC1CCCC1c1ccc(OC)c(Br)c1OC. The monoisotopic (exact) mass is 327 g/mol. The van der Waals surface area contributed by atoms with Crippen molar-refractivity contribution in [3.63, 3.8) is 0 Å². The van der Waals surface area contributed by atoms with Gasteiger partial charge in [0, 0.05) is 17.5 Å². The Morgan fingerprint density at radius 3 is 2.68 bits per heavy atom. The first-order valence-corrected chi connectivity index (χ1v) is 7.66. The Balaban J connectivity index is 2.36. The van der Waals surface area contributed by atoms with Crippen molar-refractivity contribution in [2.75, 3.05) is 20.8 Å². The summed E-state index contributed by atoms with van der Waals surface area (Å²) < 4.78 is 11.9. The van der Waals surface area contributed by atoms with E-state index in [0.29, 0.717) is 12.0 Å². The van der Waals surface area contributed by atoms with Crippen LogP contribution in [0.15, 0.2) is 16.6 Å². The third-order valence-corrected chi connectivity index (χ3v) is 4.65. The third-order valence-electron chi connectivity index (χ3n) is 3.90. The van der Waals surface area contributed by atoms with Gasteiger partial charge in [-0.2, -0.15) is 0 Å². The Bertz CT molecular complexity index is 436. The molecular weight excluding hydrogens is 306 g/mol. The molecule has 2 atom stereocenters. The molecule has 4 heteroatoms.